The van der Waals surface area contributed by atoms with Crippen molar-refractivity contribution in [3.05, 3.63) is 58.9 Å². The zero-order valence-corrected chi connectivity index (χ0v) is 14.3. The Morgan fingerprint density at radius 1 is 1.08 bits per heavy atom. The van der Waals surface area contributed by atoms with Gasteiger partial charge >= 0.3 is 0 Å². The molecule has 0 atom stereocenters. The fraction of sp³-hybridized carbons (Fsp3) is 0.278. The fourth-order valence-corrected chi connectivity index (χ4v) is 2.33. The van der Waals surface area contributed by atoms with Gasteiger partial charge in [0.15, 0.2) is 0 Å². The van der Waals surface area contributed by atoms with E-state index in [0.717, 1.165) is 19.3 Å². The molecule has 0 saturated heterocycles. The first-order valence-corrected chi connectivity index (χ1v) is 8.28. The summed E-state index contributed by atoms with van der Waals surface area (Å²) < 4.78 is 0. The minimum absolute atomic E-state index is 0.226. The van der Waals surface area contributed by atoms with Crippen LogP contribution < -0.4 is 10.6 Å². The molecule has 2 aromatic rings. The third-order valence-electron chi connectivity index (χ3n) is 3.41. The van der Waals surface area contributed by atoms with E-state index in [0.29, 0.717) is 28.4 Å². The van der Waals surface area contributed by atoms with Crippen molar-refractivity contribution in [3.63, 3.8) is 0 Å². The van der Waals surface area contributed by atoms with E-state index in [2.05, 4.69) is 22.5 Å². The molecule has 5 nitrogen and oxygen atoms in total. The summed E-state index contributed by atoms with van der Waals surface area (Å²) in [6, 6.07) is 8.39. The Kier molecular flexibility index (Phi) is 6.75. The Balaban J connectivity index is 2.01. The molecule has 1 aromatic heterocycles. The van der Waals surface area contributed by atoms with Crippen LogP contribution >= 0.6 is 11.6 Å². The Labute approximate surface area is 146 Å². The first-order chi connectivity index (χ1) is 11.6. The van der Waals surface area contributed by atoms with Crippen LogP contribution in [0.25, 0.3) is 0 Å². The molecule has 0 saturated carbocycles. The van der Waals surface area contributed by atoms with E-state index < -0.39 is 0 Å². The van der Waals surface area contributed by atoms with Crippen molar-refractivity contribution in [2.24, 2.45) is 0 Å². The van der Waals surface area contributed by atoms with Crippen LogP contribution in [-0.4, -0.2) is 23.3 Å². The maximum Gasteiger partial charge on any atom is 0.257 e. The lowest BCUT2D eigenvalue weighted by Gasteiger charge is -2.08. The second kappa shape index (κ2) is 9.03. The number of aromatic nitrogens is 1. The molecule has 2 rings (SSSR count). The number of carbonyl (C=O) groups is 2. The third kappa shape index (κ3) is 5.35. The van der Waals surface area contributed by atoms with Crippen molar-refractivity contribution < 1.29 is 9.59 Å². The van der Waals surface area contributed by atoms with Gasteiger partial charge in [-0.1, -0.05) is 37.4 Å². The summed E-state index contributed by atoms with van der Waals surface area (Å²) in [5.41, 5.74) is 1.27. The van der Waals surface area contributed by atoms with Gasteiger partial charge in [0.2, 0.25) is 0 Å². The minimum Gasteiger partial charge on any atom is -0.352 e. The zero-order valence-electron chi connectivity index (χ0n) is 13.5. The zero-order chi connectivity index (χ0) is 17.4. The number of amides is 2. The Bertz CT molecular complexity index is 719. The number of hydrogen-bond acceptors (Lipinski definition) is 3. The molecule has 2 amide bonds. The van der Waals surface area contributed by atoms with Gasteiger partial charge in [0.05, 0.1) is 11.1 Å². The van der Waals surface area contributed by atoms with Crippen LogP contribution in [0.1, 0.15) is 46.9 Å². The number of unbranched alkanes of at least 4 members (excludes halogenated alkanes) is 2. The van der Waals surface area contributed by atoms with E-state index >= 15 is 0 Å². The van der Waals surface area contributed by atoms with Crippen LogP contribution in [-0.2, 0) is 0 Å². The number of carbonyl (C=O) groups excluding carboxylic acids is 2. The Morgan fingerprint density at radius 2 is 1.83 bits per heavy atom. The Morgan fingerprint density at radius 3 is 2.54 bits per heavy atom. The van der Waals surface area contributed by atoms with Crippen LogP contribution in [0.3, 0.4) is 0 Å². The number of hydrogen-bond donors (Lipinski definition) is 2. The summed E-state index contributed by atoms with van der Waals surface area (Å²) in [7, 11) is 0. The van der Waals surface area contributed by atoms with Crippen molar-refractivity contribution >= 4 is 29.1 Å². The predicted octanol–water partition coefficient (Wildman–Crippen LogP) is 3.91. The molecule has 0 unspecified atom stereocenters. The molecule has 6 heteroatoms. The average molecular weight is 346 g/mol. The lowest BCUT2D eigenvalue weighted by molar-refractivity contribution is 0.0952. The summed E-state index contributed by atoms with van der Waals surface area (Å²) in [6.45, 7) is 2.72. The number of nitrogens with one attached hydrogen (secondary N) is 2. The molecule has 0 bridgehead atoms. The summed E-state index contributed by atoms with van der Waals surface area (Å²) in [5, 5.41) is 6.09. The van der Waals surface area contributed by atoms with Crippen molar-refractivity contribution in [1.29, 1.82) is 0 Å². The number of halogens is 1. The quantitative estimate of drug-likeness (QED) is 0.747. The summed E-state index contributed by atoms with van der Waals surface area (Å²) >= 11 is 5.90. The standard InChI is InChI=1S/C18H20ClN3O2/c1-2-3-4-8-21-17(23)13-9-14(12-20-11-13)18(24)22-16-7-5-6-15(19)10-16/h5-7,9-12H,2-4,8H2,1H3,(H,21,23)(H,22,24). The van der Waals surface area contributed by atoms with Crippen molar-refractivity contribution in [2.45, 2.75) is 26.2 Å². The number of nitrogens with zero attached hydrogens (tertiary/aromatic N) is 1. The second-order valence-electron chi connectivity index (χ2n) is 5.39. The minimum atomic E-state index is -0.342. The third-order valence-corrected chi connectivity index (χ3v) is 3.65. The highest BCUT2D eigenvalue weighted by atomic mass is 35.5. The van der Waals surface area contributed by atoms with Gasteiger partial charge in [-0.25, -0.2) is 0 Å². The van der Waals surface area contributed by atoms with E-state index in [4.69, 9.17) is 11.6 Å². The molecule has 1 aromatic carbocycles. The van der Waals surface area contributed by atoms with Gasteiger partial charge in [0, 0.05) is 29.6 Å². The number of benzene rings is 1. The van der Waals surface area contributed by atoms with E-state index in [-0.39, 0.29) is 11.8 Å². The highest BCUT2D eigenvalue weighted by Gasteiger charge is 2.11. The molecule has 1 heterocycles. The van der Waals surface area contributed by atoms with E-state index in [1.165, 1.54) is 18.5 Å². The van der Waals surface area contributed by atoms with Crippen LogP contribution in [0.2, 0.25) is 5.02 Å². The van der Waals surface area contributed by atoms with Gasteiger partial charge in [-0.3, -0.25) is 14.6 Å². The van der Waals surface area contributed by atoms with Gasteiger partial charge in [0.1, 0.15) is 0 Å². The smallest absolute Gasteiger partial charge is 0.257 e. The first-order valence-electron chi connectivity index (χ1n) is 7.90. The van der Waals surface area contributed by atoms with E-state index in [9.17, 15) is 9.59 Å². The molecule has 0 radical (unpaired) electrons. The van der Waals surface area contributed by atoms with Gasteiger partial charge in [-0.15, -0.1) is 0 Å². The van der Waals surface area contributed by atoms with Crippen molar-refractivity contribution in [3.8, 4) is 0 Å². The van der Waals surface area contributed by atoms with Crippen LogP contribution in [0.4, 0.5) is 5.69 Å². The van der Waals surface area contributed by atoms with E-state index in [1.54, 1.807) is 24.3 Å². The number of anilines is 1. The number of pyridine rings is 1. The normalized spacial score (nSPS) is 10.2. The molecular formula is C18H20ClN3O2. The lowest BCUT2D eigenvalue weighted by Crippen LogP contribution is -2.25. The average Bonchev–Trinajstić information content (AvgIpc) is 2.58. The van der Waals surface area contributed by atoms with Crippen LogP contribution in [0.15, 0.2) is 42.7 Å². The molecule has 0 aliphatic heterocycles. The van der Waals surface area contributed by atoms with E-state index in [1.807, 2.05) is 0 Å². The van der Waals surface area contributed by atoms with Gasteiger partial charge < -0.3 is 10.6 Å². The molecule has 0 fully saturated rings. The van der Waals surface area contributed by atoms with Crippen LogP contribution in [0.5, 0.6) is 0 Å². The van der Waals surface area contributed by atoms with Gasteiger partial charge in [-0.05, 0) is 30.7 Å². The van der Waals surface area contributed by atoms with Crippen LogP contribution in [0, 0.1) is 0 Å². The molecular weight excluding hydrogens is 326 g/mol. The monoisotopic (exact) mass is 345 g/mol. The molecule has 126 valence electrons. The SMILES string of the molecule is CCCCCNC(=O)c1cncc(C(=O)Nc2cccc(Cl)c2)c1. The highest BCUT2D eigenvalue weighted by molar-refractivity contribution is 6.31. The summed E-state index contributed by atoms with van der Waals surface area (Å²) in [6.07, 6.45) is 5.97. The molecule has 0 aliphatic carbocycles. The predicted molar refractivity (Wildman–Crippen MR) is 95.5 cm³/mol. The second-order valence-corrected chi connectivity index (χ2v) is 5.83. The maximum atomic E-state index is 12.3. The number of rotatable bonds is 7. The molecule has 2 N–H and O–H groups in total. The molecule has 24 heavy (non-hydrogen) atoms. The highest BCUT2D eigenvalue weighted by Crippen LogP contribution is 2.16. The topological polar surface area (TPSA) is 71.1 Å². The first kappa shape index (κ1) is 17.9. The van der Waals surface area contributed by atoms with Crippen molar-refractivity contribution in [1.82, 2.24) is 10.3 Å². The molecule has 0 spiro atoms. The van der Waals surface area contributed by atoms with Crippen molar-refractivity contribution in [2.75, 3.05) is 11.9 Å². The maximum absolute atomic E-state index is 12.3. The lowest BCUT2D eigenvalue weighted by atomic mass is 10.1. The largest absolute Gasteiger partial charge is 0.352 e. The molecule has 0 aliphatic rings. The summed E-state index contributed by atoms with van der Waals surface area (Å²) in [5.74, 6) is -0.568. The van der Waals surface area contributed by atoms with Gasteiger partial charge in [0.25, 0.3) is 11.8 Å². The summed E-state index contributed by atoms with van der Waals surface area (Å²) in [4.78, 5) is 28.3. The fourth-order valence-electron chi connectivity index (χ4n) is 2.14. The van der Waals surface area contributed by atoms with Gasteiger partial charge in [-0.2, -0.15) is 0 Å². The Hall–Kier alpha value is -2.40.